The number of benzene rings is 2. The number of nitrogens with zero attached hydrogens (tertiary/aromatic N) is 3. The molecule has 1 aliphatic heterocycles. The Morgan fingerprint density at radius 2 is 1.65 bits per heavy atom. The maximum Gasteiger partial charge on any atom is 0.273 e. The molecule has 7 nitrogen and oxygen atoms in total. The summed E-state index contributed by atoms with van der Waals surface area (Å²) in [5.74, 6) is -0.0535. The largest absolute Gasteiger partial charge is 0.348 e. The molecular formula is C24H22N4O3. The van der Waals surface area contributed by atoms with Gasteiger partial charge < -0.3 is 9.47 Å². The van der Waals surface area contributed by atoms with Gasteiger partial charge >= 0.3 is 0 Å². The Balaban J connectivity index is 1.43. The number of hydrogen-bond acceptors (Lipinski definition) is 3. The molecule has 0 radical (unpaired) electrons. The smallest absolute Gasteiger partial charge is 0.273 e. The van der Waals surface area contributed by atoms with Crippen LogP contribution in [-0.2, 0) is 17.9 Å². The van der Waals surface area contributed by atoms with Crippen molar-refractivity contribution in [2.45, 2.75) is 25.6 Å². The van der Waals surface area contributed by atoms with E-state index in [0.29, 0.717) is 17.3 Å². The summed E-state index contributed by atoms with van der Waals surface area (Å²) < 4.78 is 3.42. The number of amides is 1. The quantitative estimate of drug-likeness (QED) is 0.557. The molecule has 1 aliphatic rings. The molecule has 0 saturated heterocycles. The van der Waals surface area contributed by atoms with Crippen LogP contribution >= 0.6 is 0 Å². The fourth-order valence-electron chi connectivity index (χ4n) is 4.39. The summed E-state index contributed by atoms with van der Waals surface area (Å²) in [6.07, 6.45) is 2.16. The minimum absolute atomic E-state index is 0.0535. The van der Waals surface area contributed by atoms with Crippen molar-refractivity contribution >= 4 is 16.7 Å². The lowest BCUT2D eigenvalue weighted by atomic mass is 9.99. The van der Waals surface area contributed by atoms with Crippen LogP contribution in [0.15, 0.2) is 82.5 Å². The van der Waals surface area contributed by atoms with Gasteiger partial charge in [0.25, 0.3) is 11.1 Å². The fourth-order valence-corrected chi connectivity index (χ4v) is 4.39. The van der Waals surface area contributed by atoms with Crippen molar-refractivity contribution in [3.05, 3.63) is 105 Å². The number of H-pyrrole nitrogens is 1. The van der Waals surface area contributed by atoms with Gasteiger partial charge in [0.15, 0.2) is 0 Å². The lowest BCUT2D eigenvalue weighted by Gasteiger charge is -2.37. The van der Waals surface area contributed by atoms with Gasteiger partial charge in [0.05, 0.1) is 23.4 Å². The second-order valence-electron chi connectivity index (χ2n) is 7.72. The van der Waals surface area contributed by atoms with Crippen LogP contribution in [0.1, 0.15) is 23.7 Å². The summed E-state index contributed by atoms with van der Waals surface area (Å²) in [7, 11) is 0. The van der Waals surface area contributed by atoms with E-state index in [2.05, 4.69) is 9.67 Å². The molecule has 4 aromatic rings. The van der Waals surface area contributed by atoms with E-state index in [0.717, 1.165) is 17.8 Å². The highest BCUT2D eigenvalue weighted by molar-refractivity contribution is 5.80. The third-order valence-electron chi connectivity index (χ3n) is 5.91. The molecule has 156 valence electrons. The molecule has 0 saturated carbocycles. The zero-order chi connectivity index (χ0) is 21.4. The number of fused-ring (bicyclic) bond motifs is 2. The van der Waals surface area contributed by atoms with Crippen LogP contribution in [0.5, 0.6) is 0 Å². The van der Waals surface area contributed by atoms with Crippen LogP contribution in [0.4, 0.5) is 0 Å². The molecule has 0 aliphatic carbocycles. The number of aromatic nitrogens is 3. The van der Waals surface area contributed by atoms with Crippen molar-refractivity contribution in [3.63, 3.8) is 0 Å². The van der Waals surface area contributed by atoms with Gasteiger partial charge in [-0.3, -0.25) is 19.5 Å². The SMILES string of the molecule is O=C(CCn1[nH]c(=O)c2ccccc2c1=O)N1CCn2cccc2[C@@H]1c1ccccc1. The first-order valence-corrected chi connectivity index (χ1v) is 10.3. The molecule has 1 N–H and O–H groups in total. The second kappa shape index (κ2) is 7.75. The Morgan fingerprint density at radius 1 is 0.903 bits per heavy atom. The monoisotopic (exact) mass is 414 g/mol. The summed E-state index contributed by atoms with van der Waals surface area (Å²) in [4.78, 5) is 40.2. The normalized spacial score (nSPS) is 15.7. The predicted molar refractivity (Wildman–Crippen MR) is 118 cm³/mol. The van der Waals surface area contributed by atoms with Gasteiger partial charge in [-0.05, 0) is 29.8 Å². The van der Waals surface area contributed by atoms with Crippen LogP contribution < -0.4 is 11.1 Å². The first-order valence-electron chi connectivity index (χ1n) is 10.3. The number of carbonyl (C=O) groups excluding carboxylic acids is 1. The van der Waals surface area contributed by atoms with Gasteiger partial charge in [0.2, 0.25) is 5.91 Å². The highest BCUT2D eigenvalue weighted by atomic mass is 16.2. The summed E-state index contributed by atoms with van der Waals surface area (Å²) >= 11 is 0. The average Bonchev–Trinajstić information content (AvgIpc) is 3.29. The second-order valence-corrected chi connectivity index (χ2v) is 7.72. The Hall–Kier alpha value is -3.87. The van der Waals surface area contributed by atoms with E-state index >= 15 is 0 Å². The predicted octanol–water partition coefficient (Wildman–Crippen LogP) is 2.51. The van der Waals surface area contributed by atoms with Crippen LogP contribution in [0.3, 0.4) is 0 Å². The highest BCUT2D eigenvalue weighted by Crippen LogP contribution is 2.32. The molecule has 0 fully saturated rings. The number of rotatable bonds is 4. The van der Waals surface area contributed by atoms with Crippen molar-refractivity contribution in [1.82, 2.24) is 19.2 Å². The molecule has 2 aromatic heterocycles. The Kier molecular flexibility index (Phi) is 4.78. The Labute approximate surface area is 178 Å². The molecule has 1 atom stereocenters. The van der Waals surface area contributed by atoms with Crippen LogP contribution in [0.25, 0.3) is 10.8 Å². The molecule has 0 unspecified atom stereocenters. The van der Waals surface area contributed by atoms with Crippen LogP contribution in [0.2, 0.25) is 0 Å². The number of aromatic amines is 1. The van der Waals surface area contributed by atoms with Crippen LogP contribution in [0, 0.1) is 0 Å². The number of carbonyl (C=O) groups is 1. The zero-order valence-electron chi connectivity index (χ0n) is 16.9. The summed E-state index contributed by atoms with van der Waals surface area (Å²) in [5, 5.41) is 3.32. The molecule has 0 bridgehead atoms. The van der Waals surface area contributed by atoms with Gasteiger partial charge in [0.1, 0.15) is 0 Å². The van der Waals surface area contributed by atoms with Gasteiger partial charge in [-0.1, -0.05) is 42.5 Å². The van der Waals surface area contributed by atoms with Gasteiger partial charge in [-0.15, -0.1) is 0 Å². The van der Waals surface area contributed by atoms with E-state index in [1.807, 2.05) is 53.6 Å². The molecule has 31 heavy (non-hydrogen) atoms. The first-order chi connectivity index (χ1) is 15.1. The molecule has 1 amide bonds. The Bertz CT molecular complexity index is 1370. The van der Waals surface area contributed by atoms with Gasteiger partial charge in [0, 0.05) is 31.4 Å². The Morgan fingerprint density at radius 3 is 2.45 bits per heavy atom. The molecule has 0 spiro atoms. The number of hydrogen-bond donors (Lipinski definition) is 1. The molecule has 2 aromatic carbocycles. The van der Waals surface area contributed by atoms with Crippen molar-refractivity contribution in [2.24, 2.45) is 0 Å². The van der Waals surface area contributed by atoms with E-state index in [1.54, 1.807) is 24.3 Å². The summed E-state index contributed by atoms with van der Waals surface area (Å²) in [6.45, 7) is 1.43. The minimum atomic E-state index is -0.333. The fraction of sp³-hybridized carbons (Fsp3) is 0.208. The minimum Gasteiger partial charge on any atom is -0.348 e. The zero-order valence-corrected chi connectivity index (χ0v) is 16.9. The van der Waals surface area contributed by atoms with E-state index in [1.165, 1.54) is 4.68 Å². The summed E-state index contributed by atoms with van der Waals surface area (Å²) in [6, 6.07) is 20.5. The molecular weight excluding hydrogens is 392 g/mol. The topological polar surface area (TPSA) is 80.1 Å². The molecule has 7 heteroatoms. The van der Waals surface area contributed by atoms with Crippen molar-refractivity contribution in [2.75, 3.05) is 6.54 Å². The number of nitrogens with one attached hydrogen (secondary N) is 1. The maximum atomic E-state index is 13.3. The highest BCUT2D eigenvalue weighted by Gasteiger charge is 2.31. The van der Waals surface area contributed by atoms with Crippen molar-refractivity contribution < 1.29 is 4.79 Å². The standard InChI is InChI=1S/C24H22N4O3/c29-21(12-14-28-24(31)19-10-5-4-9-18(19)23(30)25-28)27-16-15-26-13-6-11-20(26)22(27)17-7-2-1-3-8-17/h1-11,13,22H,12,14-16H2,(H,25,30)/t22-/m0/s1. The van der Waals surface area contributed by atoms with Gasteiger partial charge in [-0.25, -0.2) is 4.68 Å². The average molecular weight is 414 g/mol. The molecule has 3 heterocycles. The van der Waals surface area contributed by atoms with E-state index in [4.69, 9.17) is 0 Å². The van der Waals surface area contributed by atoms with E-state index in [9.17, 15) is 14.4 Å². The third kappa shape index (κ3) is 3.38. The molecule has 5 rings (SSSR count). The third-order valence-corrected chi connectivity index (χ3v) is 5.91. The van der Waals surface area contributed by atoms with E-state index in [-0.39, 0.29) is 36.0 Å². The first kappa shape index (κ1) is 19.1. The lowest BCUT2D eigenvalue weighted by molar-refractivity contribution is -0.134. The summed E-state index contributed by atoms with van der Waals surface area (Å²) in [5.41, 5.74) is 1.49. The maximum absolute atomic E-state index is 13.3. The number of aryl methyl sites for hydroxylation is 1. The van der Waals surface area contributed by atoms with Crippen molar-refractivity contribution in [1.29, 1.82) is 0 Å². The van der Waals surface area contributed by atoms with Gasteiger partial charge in [-0.2, -0.15) is 0 Å². The van der Waals surface area contributed by atoms with Crippen LogP contribution in [-0.4, -0.2) is 31.7 Å². The van der Waals surface area contributed by atoms with Crippen molar-refractivity contribution in [3.8, 4) is 0 Å². The lowest BCUT2D eigenvalue weighted by Crippen LogP contribution is -2.43. The van der Waals surface area contributed by atoms with E-state index < -0.39 is 0 Å².